The molecule has 0 unspecified atom stereocenters. The summed E-state index contributed by atoms with van der Waals surface area (Å²) in [7, 11) is 0. The van der Waals surface area contributed by atoms with Crippen molar-refractivity contribution in [3.63, 3.8) is 0 Å². The Hall–Kier alpha value is -2.09. The molecule has 3 aliphatic heterocycles. The van der Waals surface area contributed by atoms with Gasteiger partial charge in [0.15, 0.2) is 11.5 Å². The van der Waals surface area contributed by atoms with Gasteiger partial charge in [-0.3, -0.25) is 9.69 Å². The molecule has 2 fully saturated rings. The predicted molar refractivity (Wildman–Crippen MR) is 117 cm³/mol. The van der Waals surface area contributed by atoms with E-state index in [1.54, 1.807) is 11.3 Å². The number of thiophene rings is 1. The Bertz CT molecular complexity index is 885. The van der Waals surface area contributed by atoms with E-state index in [-0.39, 0.29) is 5.91 Å². The van der Waals surface area contributed by atoms with Crippen LogP contribution in [-0.4, -0.2) is 74.9 Å². The van der Waals surface area contributed by atoms with E-state index >= 15 is 0 Å². The molecular formula is C23H28N2O4S. The number of fused-ring (bicyclic) bond motifs is 1. The van der Waals surface area contributed by atoms with E-state index in [0.29, 0.717) is 19.1 Å². The summed E-state index contributed by atoms with van der Waals surface area (Å²) in [5.74, 6) is 2.41. The third-order valence-corrected chi connectivity index (χ3v) is 7.29. The molecule has 0 aliphatic carbocycles. The second-order valence-corrected chi connectivity index (χ2v) is 9.25. The highest BCUT2D eigenvalue weighted by Gasteiger charge is 2.26. The second-order valence-electron chi connectivity index (χ2n) is 8.17. The minimum atomic E-state index is 0.161. The van der Waals surface area contributed by atoms with Gasteiger partial charge in [0.25, 0.3) is 5.91 Å². The number of rotatable bonds is 4. The van der Waals surface area contributed by atoms with Crippen LogP contribution in [0.2, 0.25) is 0 Å². The van der Waals surface area contributed by atoms with E-state index in [4.69, 9.17) is 14.2 Å². The van der Waals surface area contributed by atoms with Crippen molar-refractivity contribution in [2.24, 2.45) is 5.92 Å². The normalized spacial score (nSPS) is 20.3. The molecule has 0 saturated carbocycles. The zero-order valence-electron chi connectivity index (χ0n) is 17.2. The lowest BCUT2D eigenvalue weighted by molar-refractivity contribution is 0.0243. The molecule has 160 valence electrons. The zero-order valence-corrected chi connectivity index (χ0v) is 18.0. The third kappa shape index (κ3) is 4.33. The highest BCUT2D eigenvalue weighted by molar-refractivity contribution is 7.17. The number of benzene rings is 1. The van der Waals surface area contributed by atoms with Crippen LogP contribution < -0.4 is 9.47 Å². The first-order chi connectivity index (χ1) is 14.8. The largest absolute Gasteiger partial charge is 0.486 e. The Kier molecular flexibility index (Phi) is 5.93. The van der Waals surface area contributed by atoms with Crippen LogP contribution in [0.1, 0.15) is 22.5 Å². The van der Waals surface area contributed by atoms with Crippen molar-refractivity contribution in [1.82, 2.24) is 9.80 Å². The molecule has 0 radical (unpaired) electrons. The van der Waals surface area contributed by atoms with E-state index in [0.717, 1.165) is 85.6 Å². The lowest BCUT2D eigenvalue weighted by Crippen LogP contribution is -2.44. The fourth-order valence-electron chi connectivity index (χ4n) is 4.43. The first-order valence-electron chi connectivity index (χ1n) is 10.9. The van der Waals surface area contributed by atoms with Crippen LogP contribution in [-0.2, 0) is 4.74 Å². The first kappa shape index (κ1) is 19.8. The summed E-state index contributed by atoms with van der Waals surface area (Å²) in [6, 6.07) is 9.98. The number of amides is 1. The average Bonchev–Trinajstić information content (AvgIpc) is 3.30. The average molecular weight is 429 g/mol. The summed E-state index contributed by atoms with van der Waals surface area (Å²) in [5, 5.41) is 0. The molecule has 1 aromatic carbocycles. The van der Waals surface area contributed by atoms with E-state index in [1.165, 1.54) is 0 Å². The monoisotopic (exact) mass is 428 g/mol. The summed E-state index contributed by atoms with van der Waals surface area (Å²) in [5.41, 5.74) is 1.06. The van der Waals surface area contributed by atoms with Crippen LogP contribution in [0, 0.1) is 5.92 Å². The lowest BCUT2D eigenvalue weighted by Gasteiger charge is -2.35. The van der Waals surface area contributed by atoms with Gasteiger partial charge < -0.3 is 19.1 Å². The highest BCUT2D eigenvalue weighted by Crippen LogP contribution is 2.37. The molecule has 6 nitrogen and oxygen atoms in total. The minimum absolute atomic E-state index is 0.161. The molecule has 30 heavy (non-hydrogen) atoms. The SMILES string of the molecule is O=C(c1ccc(-c2ccc3c(c2)OCCO3)s1)N1CCC(CN2CCOCC2)CC1. The standard InChI is InChI=1S/C23H28N2O4S/c26-23(25-7-5-17(6-8-25)16-24-9-11-27-12-10-24)22-4-3-21(30-22)18-1-2-19-20(15-18)29-14-13-28-19/h1-4,15,17H,5-14,16H2. The molecule has 0 N–H and O–H groups in total. The van der Waals surface area contributed by atoms with Gasteiger partial charge in [0, 0.05) is 37.6 Å². The Labute approximate surface area is 181 Å². The maximum absolute atomic E-state index is 13.0. The number of carbonyl (C=O) groups excluding carboxylic acids is 1. The van der Waals surface area contributed by atoms with Gasteiger partial charge in [-0.2, -0.15) is 0 Å². The number of carbonyl (C=O) groups is 1. The van der Waals surface area contributed by atoms with Crippen molar-refractivity contribution in [3.8, 4) is 21.9 Å². The van der Waals surface area contributed by atoms with Crippen LogP contribution in [0.5, 0.6) is 11.5 Å². The lowest BCUT2D eigenvalue weighted by atomic mass is 9.96. The van der Waals surface area contributed by atoms with Gasteiger partial charge in [0.1, 0.15) is 13.2 Å². The molecule has 7 heteroatoms. The van der Waals surface area contributed by atoms with E-state index in [1.807, 2.05) is 35.2 Å². The summed E-state index contributed by atoms with van der Waals surface area (Å²) in [6.45, 7) is 7.78. The summed E-state index contributed by atoms with van der Waals surface area (Å²) in [4.78, 5) is 19.5. The summed E-state index contributed by atoms with van der Waals surface area (Å²) in [6.07, 6.45) is 2.17. The molecule has 0 bridgehead atoms. The first-order valence-corrected chi connectivity index (χ1v) is 11.7. The van der Waals surface area contributed by atoms with Crippen molar-refractivity contribution in [3.05, 3.63) is 35.2 Å². The predicted octanol–water partition coefficient (Wildman–Crippen LogP) is 3.37. The Morgan fingerprint density at radius 1 is 0.933 bits per heavy atom. The van der Waals surface area contributed by atoms with Crippen molar-refractivity contribution in [2.75, 3.05) is 59.2 Å². The molecule has 4 heterocycles. The molecular weight excluding hydrogens is 400 g/mol. The fraction of sp³-hybridized carbons (Fsp3) is 0.522. The van der Waals surface area contributed by atoms with Crippen LogP contribution >= 0.6 is 11.3 Å². The Morgan fingerprint density at radius 2 is 1.70 bits per heavy atom. The van der Waals surface area contributed by atoms with E-state index < -0.39 is 0 Å². The molecule has 5 rings (SSSR count). The third-order valence-electron chi connectivity index (χ3n) is 6.17. The number of hydrogen-bond acceptors (Lipinski definition) is 6. The number of hydrogen-bond donors (Lipinski definition) is 0. The number of nitrogens with zero attached hydrogens (tertiary/aromatic N) is 2. The second kappa shape index (κ2) is 8.96. The van der Waals surface area contributed by atoms with Crippen molar-refractivity contribution in [1.29, 1.82) is 0 Å². The van der Waals surface area contributed by atoms with Gasteiger partial charge in [-0.25, -0.2) is 0 Å². The molecule has 2 aromatic rings. The minimum Gasteiger partial charge on any atom is -0.486 e. The maximum Gasteiger partial charge on any atom is 0.263 e. The molecule has 2 saturated heterocycles. The van der Waals surface area contributed by atoms with Crippen molar-refractivity contribution in [2.45, 2.75) is 12.8 Å². The Morgan fingerprint density at radius 3 is 2.50 bits per heavy atom. The summed E-state index contributed by atoms with van der Waals surface area (Å²) >= 11 is 1.56. The van der Waals surface area contributed by atoms with E-state index in [9.17, 15) is 4.79 Å². The molecule has 0 atom stereocenters. The van der Waals surface area contributed by atoms with Crippen molar-refractivity contribution < 1.29 is 19.0 Å². The molecule has 3 aliphatic rings. The van der Waals surface area contributed by atoms with Gasteiger partial charge in [-0.05, 0) is 54.7 Å². The van der Waals surface area contributed by atoms with Crippen LogP contribution in [0.3, 0.4) is 0 Å². The molecule has 1 aromatic heterocycles. The maximum atomic E-state index is 13.0. The van der Waals surface area contributed by atoms with Gasteiger partial charge in [-0.1, -0.05) is 0 Å². The van der Waals surface area contributed by atoms with Crippen LogP contribution in [0.15, 0.2) is 30.3 Å². The van der Waals surface area contributed by atoms with Gasteiger partial charge in [0.05, 0.1) is 18.1 Å². The smallest absolute Gasteiger partial charge is 0.263 e. The van der Waals surface area contributed by atoms with Gasteiger partial charge in [0.2, 0.25) is 0 Å². The Balaban J connectivity index is 1.19. The highest BCUT2D eigenvalue weighted by atomic mass is 32.1. The fourth-order valence-corrected chi connectivity index (χ4v) is 5.40. The van der Waals surface area contributed by atoms with Crippen molar-refractivity contribution >= 4 is 17.2 Å². The number of likely N-dealkylation sites (tertiary alicyclic amines) is 1. The summed E-state index contributed by atoms with van der Waals surface area (Å²) < 4.78 is 16.7. The number of morpholine rings is 1. The zero-order chi connectivity index (χ0) is 20.3. The number of ether oxygens (including phenoxy) is 3. The van der Waals surface area contributed by atoms with E-state index in [2.05, 4.69) is 4.90 Å². The molecule has 1 amide bonds. The molecule has 0 spiro atoms. The quantitative estimate of drug-likeness (QED) is 0.747. The van der Waals surface area contributed by atoms with Crippen LogP contribution in [0.4, 0.5) is 0 Å². The number of piperidine rings is 1. The van der Waals surface area contributed by atoms with Gasteiger partial charge in [-0.15, -0.1) is 11.3 Å². The van der Waals surface area contributed by atoms with Crippen LogP contribution in [0.25, 0.3) is 10.4 Å². The topological polar surface area (TPSA) is 51.2 Å². The van der Waals surface area contributed by atoms with Gasteiger partial charge >= 0.3 is 0 Å².